The van der Waals surface area contributed by atoms with Gasteiger partial charge in [-0.05, 0) is 30.7 Å². The number of nitrogens with one attached hydrogen (secondary N) is 1. The molecule has 1 saturated heterocycles. The van der Waals surface area contributed by atoms with Crippen LogP contribution in [-0.4, -0.2) is 63.3 Å². The molecule has 0 saturated carbocycles. The third-order valence-electron chi connectivity index (χ3n) is 3.89. The molecule has 1 atom stereocenters. The molecule has 0 unspecified atom stereocenters. The SMILES string of the molecule is C=CCN(C)C(=O)c1ccc(S(=O)(=O)N[C@@H]2CCN(C)C2=O)cc1. The van der Waals surface area contributed by atoms with Crippen LogP contribution in [0.3, 0.4) is 0 Å². The van der Waals surface area contributed by atoms with E-state index >= 15 is 0 Å². The van der Waals surface area contributed by atoms with Gasteiger partial charge < -0.3 is 9.80 Å². The zero-order chi connectivity index (χ0) is 17.9. The van der Waals surface area contributed by atoms with Crippen molar-refractivity contribution in [3.05, 3.63) is 42.5 Å². The minimum absolute atomic E-state index is 0.0211. The van der Waals surface area contributed by atoms with Crippen LogP contribution in [0.4, 0.5) is 0 Å². The molecule has 0 aliphatic carbocycles. The monoisotopic (exact) mass is 351 g/mol. The molecule has 1 heterocycles. The van der Waals surface area contributed by atoms with Crippen molar-refractivity contribution in [3.8, 4) is 0 Å². The summed E-state index contributed by atoms with van der Waals surface area (Å²) in [5.74, 6) is -0.462. The second kappa shape index (κ2) is 7.14. The quantitative estimate of drug-likeness (QED) is 0.754. The molecule has 1 aromatic rings. The summed E-state index contributed by atoms with van der Waals surface area (Å²) in [6.07, 6.45) is 2.05. The van der Waals surface area contributed by atoms with E-state index in [-0.39, 0.29) is 16.7 Å². The Morgan fingerprint density at radius 2 is 2.04 bits per heavy atom. The van der Waals surface area contributed by atoms with Crippen molar-refractivity contribution in [1.82, 2.24) is 14.5 Å². The second-order valence-corrected chi connectivity index (χ2v) is 7.44. The average molecular weight is 351 g/mol. The van der Waals surface area contributed by atoms with Crippen LogP contribution in [0.1, 0.15) is 16.8 Å². The highest BCUT2D eigenvalue weighted by molar-refractivity contribution is 7.89. The third-order valence-corrected chi connectivity index (χ3v) is 5.37. The highest BCUT2D eigenvalue weighted by Crippen LogP contribution is 2.16. The van der Waals surface area contributed by atoms with Gasteiger partial charge in [0.15, 0.2) is 0 Å². The Labute approximate surface area is 142 Å². The first-order valence-corrected chi connectivity index (χ1v) is 8.98. The van der Waals surface area contributed by atoms with Crippen molar-refractivity contribution in [3.63, 3.8) is 0 Å². The van der Waals surface area contributed by atoms with Crippen LogP contribution in [0, 0.1) is 0 Å². The molecule has 8 heteroatoms. The molecule has 0 aromatic heterocycles. The van der Waals surface area contributed by atoms with E-state index in [0.717, 1.165) is 0 Å². The average Bonchev–Trinajstić information content (AvgIpc) is 2.86. The number of amides is 2. The number of benzene rings is 1. The fourth-order valence-electron chi connectivity index (χ4n) is 2.46. The Hall–Kier alpha value is -2.19. The van der Waals surface area contributed by atoms with E-state index in [0.29, 0.717) is 25.1 Å². The Morgan fingerprint density at radius 3 is 2.54 bits per heavy atom. The molecular weight excluding hydrogens is 330 g/mol. The van der Waals surface area contributed by atoms with Crippen molar-refractivity contribution in [2.75, 3.05) is 27.2 Å². The number of nitrogens with zero attached hydrogens (tertiary/aromatic N) is 2. The largest absolute Gasteiger partial charge is 0.344 e. The summed E-state index contributed by atoms with van der Waals surface area (Å²) in [6, 6.07) is 4.90. The molecule has 1 aliphatic rings. The fraction of sp³-hybridized carbons (Fsp3) is 0.375. The van der Waals surface area contributed by atoms with Crippen LogP contribution < -0.4 is 4.72 Å². The number of carbonyl (C=O) groups is 2. The maximum Gasteiger partial charge on any atom is 0.253 e. The van der Waals surface area contributed by atoms with Gasteiger partial charge in [-0.25, -0.2) is 8.42 Å². The van der Waals surface area contributed by atoms with Crippen LogP contribution in [-0.2, 0) is 14.8 Å². The molecule has 1 aromatic carbocycles. The van der Waals surface area contributed by atoms with E-state index in [2.05, 4.69) is 11.3 Å². The summed E-state index contributed by atoms with van der Waals surface area (Å²) in [6.45, 7) is 4.49. The lowest BCUT2D eigenvalue weighted by Gasteiger charge is -2.15. The zero-order valence-electron chi connectivity index (χ0n) is 13.7. The van der Waals surface area contributed by atoms with Gasteiger partial charge in [-0.3, -0.25) is 9.59 Å². The highest BCUT2D eigenvalue weighted by Gasteiger charge is 2.32. The van der Waals surface area contributed by atoms with Crippen molar-refractivity contribution in [2.45, 2.75) is 17.4 Å². The molecule has 130 valence electrons. The lowest BCUT2D eigenvalue weighted by Crippen LogP contribution is -2.40. The number of sulfonamides is 1. The smallest absolute Gasteiger partial charge is 0.253 e. The number of likely N-dealkylation sites (tertiary alicyclic amines) is 1. The predicted molar refractivity (Wildman–Crippen MR) is 90.0 cm³/mol. The van der Waals surface area contributed by atoms with Gasteiger partial charge in [0.1, 0.15) is 6.04 Å². The van der Waals surface area contributed by atoms with E-state index in [1.807, 2.05) is 0 Å². The molecule has 2 rings (SSSR count). The van der Waals surface area contributed by atoms with Crippen molar-refractivity contribution >= 4 is 21.8 Å². The van der Waals surface area contributed by atoms with Crippen LogP contribution in [0.2, 0.25) is 0 Å². The molecule has 0 bridgehead atoms. The molecule has 2 amide bonds. The van der Waals surface area contributed by atoms with Gasteiger partial charge in [0, 0.05) is 32.7 Å². The summed E-state index contributed by atoms with van der Waals surface area (Å²) in [4.78, 5) is 26.9. The fourth-order valence-corrected chi connectivity index (χ4v) is 3.68. The van der Waals surface area contributed by atoms with Crippen molar-refractivity contribution < 1.29 is 18.0 Å². The van der Waals surface area contributed by atoms with E-state index in [4.69, 9.17) is 0 Å². The molecule has 0 spiro atoms. The number of hydrogen-bond donors (Lipinski definition) is 1. The zero-order valence-corrected chi connectivity index (χ0v) is 14.5. The summed E-state index contributed by atoms with van der Waals surface area (Å²) >= 11 is 0. The van der Waals surface area contributed by atoms with E-state index in [1.54, 1.807) is 20.2 Å². The molecule has 24 heavy (non-hydrogen) atoms. The number of hydrogen-bond acceptors (Lipinski definition) is 4. The van der Waals surface area contributed by atoms with E-state index < -0.39 is 16.1 Å². The number of carbonyl (C=O) groups excluding carboxylic acids is 2. The minimum Gasteiger partial charge on any atom is -0.344 e. The summed E-state index contributed by atoms with van der Waals surface area (Å²) in [5, 5.41) is 0. The van der Waals surface area contributed by atoms with Crippen LogP contribution in [0.15, 0.2) is 41.8 Å². The number of likely N-dealkylation sites (N-methyl/N-ethyl adjacent to an activating group) is 2. The second-order valence-electron chi connectivity index (χ2n) is 5.72. The van der Waals surface area contributed by atoms with Gasteiger partial charge in [-0.15, -0.1) is 6.58 Å². The Kier molecular flexibility index (Phi) is 5.40. The van der Waals surface area contributed by atoms with Crippen LogP contribution in [0.5, 0.6) is 0 Å². The van der Waals surface area contributed by atoms with Gasteiger partial charge in [0.05, 0.1) is 4.90 Å². The Balaban J connectivity index is 2.13. The maximum absolute atomic E-state index is 12.4. The van der Waals surface area contributed by atoms with Gasteiger partial charge in [-0.1, -0.05) is 6.08 Å². The lowest BCUT2D eigenvalue weighted by atomic mass is 10.2. The van der Waals surface area contributed by atoms with Crippen molar-refractivity contribution in [1.29, 1.82) is 0 Å². The third kappa shape index (κ3) is 3.82. The topological polar surface area (TPSA) is 86.8 Å². The molecule has 1 N–H and O–H groups in total. The van der Waals surface area contributed by atoms with E-state index in [9.17, 15) is 18.0 Å². The number of rotatable bonds is 6. The standard InChI is InChI=1S/C16H21N3O4S/c1-4-10-18(2)15(20)12-5-7-13(8-6-12)24(22,23)17-14-9-11-19(3)16(14)21/h4-8,14,17H,1,9-11H2,2-3H3/t14-/m1/s1. The first-order chi connectivity index (χ1) is 11.3. The Morgan fingerprint density at radius 1 is 1.42 bits per heavy atom. The molecule has 1 fully saturated rings. The van der Waals surface area contributed by atoms with Crippen LogP contribution >= 0.6 is 0 Å². The predicted octanol–water partition coefficient (Wildman–Crippen LogP) is 0.454. The molecule has 0 radical (unpaired) electrons. The molecular formula is C16H21N3O4S. The lowest BCUT2D eigenvalue weighted by molar-refractivity contribution is -0.127. The van der Waals surface area contributed by atoms with Crippen molar-refractivity contribution in [2.24, 2.45) is 0 Å². The molecule has 1 aliphatic heterocycles. The van der Waals surface area contributed by atoms with Gasteiger partial charge in [-0.2, -0.15) is 4.72 Å². The first kappa shape index (κ1) is 18.2. The summed E-state index contributed by atoms with van der Waals surface area (Å²) < 4.78 is 27.2. The Bertz CT molecular complexity index is 743. The van der Waals surface area contributed by atoms with Gasteiger partial charge in [0.25, 0.3) is 5.91 Å². The van der Waals surface area contributed by atoms with Gasteiger partial charge >= 0.3 is 0 Å². The first-order valence-electron chi connectivity index (χ1n) is 7.50. The van der Waals surface area contributed by atoms with Crippen LogP contribution in [0.25, 0.3) is 0 Å². The minimum atomic E-state index is -3.81. The highest BCUT2D eigenvalue weighted by atomic mass is 32.2. The molecule has 7 nitrogen and oxygen atoms in total. The van der Waals surface area contributed by atoms with E-state index in [1.165, 1.54) is 34.1 Å². The summed E-state index contributed by atoms with van der Waals surface area (Å²) in [5.41, 5.74) is 0.384. The maximum atomic E-state index is 12.4. The normalized spacial score (nSPS) is 17.8. The van der Waals surface area contributed by atoms with Gasteiger partial charge in [0.2, 0.25) is 15.9 Å². The summed E-state index contributed by atoms with van der Waals surface area (Å²) in [7, 11) is -0.539.